The number of benzene rings is 1. The zero-order chi connectivity index (χ0) is 15.8. The van der Waals surface area contributed by atoms with Gasteiger partial charge in [0.2, 0.25) is 5.91 Å². The third-order valence-electron chi connectivity index (χ3n) is 2.66. The van der Waals surface area contributed by atoms with E-state index in [0.29, 0.717) is 5.56 Å². The van der Waals surface area contributed by atoms with E-state index < -0.39 is 18.5 Å². The number of likely N-dealkylation sites (N-methyl/N-ethyl adjacent to an activating group) is 2. The highest BCUT2D eigenvalue weighted by atomic mass is 16.5. The number of carbonyl (C=O) groups excluding carboxylic acids is 3. The molecule has 7 nitrogen and oxygen atoms in total. The minimum atomic E-state index is -0.666. The van der Waals surface area contributed by atoms with Crippen molar-refractivity contribution in [2.24, 2.45) is 0 Å². The molecule has 0 aliphatic heterocycles. The summed E-state index contributed by atoms with van der Waals surface area (Å²) < 4.78 is 4.85. The Morgan fingerprint density at radius 3 is 2.43 bits per heavy atom. The van der Waals surface area contributed by atoms with Crippen molar-refractivity contribution >= 4 is 17.8 Å². The van der Waals surface area contributed by atoms with Crippen LogP contribution >= 0.6 is 0 Å². The molecule has 0 unspecified atom stereocenters. The third kappa shape index (κ3) is 4.95. The lowest BCUT2D eigenvalue weighted by Gasteiger charge is -2.15. The molecule has 0 radical (unpaired) electrons. The first kappa shape index (κ1) is 16.2. The van der Waals surface area contributed by atoms with Crippen LogP contribution in [0.2, 0.25) is 0 Å². The van der Waals surface area contributed by atoms with Crippen molar-refractivity contribution in [2.45, 2.75) is 0 Å². The molecule has 0 aliphatic rings. The van der Waals surface area contributed by atoms with Crippen molar-refractivity contribution in [3.8, 4) is 6.07 Å². The largest absolute Gasteiger partial charge is 0.452 e. The van der Waals surface area contributed by atoms with Gasteiger partial charge < -0.3 is 15.0 Å². The number of nitriles is 1. The Balaban J connectivity index is 2.50. The normalized spacial score (nSPS) is 9.38. The molecular formula is C14H15N3O4. The van der Waals surface area contributed by atoms with Crippen LogP contribution in [-0.4, -0.2) is 49.9 Å². The van der Waals surface area contributed by atoms with Crippen LogP contribution < -0.4 is 5.32 Å². The zero-order valence-electron chi connectivity index (χ0n) is 11.8. The number of hydrogen-bond donors (Lipinski definition) is 1. The highest BCUT2D eigenvalue weighted by Gasteiger charge is 2.15. The molecule has 0 saturated heterocycles. The highest BCUT2D eigenvalue weighted by molar-refractivity contribution is 5.92. The van der Waals surface area contributed by atoms with Crippen molar-refractivity contribution in [2.75, 3.05) is 27.2 Å². The fourth-order valence-electron chi connectivity index (χ4n) is 1.38. The number of hydrogen-bond acceptors (Lipinski definition) is 5. The van der Waals surface area contributed by atoms with Gasteiger partial charge in [0.05, 0.1) is 23.7 Å². The molecular weight excluding hydrogens is 274 g/mol. The van der Waals surface area contributed by atoms with Gasteiger partial charge in [0.15, 0.2) is 6.61 Å². The lowest BCUT2D eigenvalue weighted by molar-refractivity contribution is -0.137. The molecule has 0 bridgehead atoms. The molecule has 0 spiro atoms. The number of nitrogens with one attached hydrogen (secondary N) is 1. The van der Waals surface area contributed by atoms with E-state index in [1.807, 2.05) is 6.07 Å². The molecule has 0 fully saturated rings. The van der Waals surface area contributed by atoms with Crippen molar-refractivity contribution < 1.29 is 19.1 Å². The van der Waals surface area contributed by atoms with Crippen molar-refractivity contribution in [3.05, 3.63) is 35.4 Å². The summed E-state index contributed by atoms with van der Waals surface area (Å²) in [6.07, 6.45) is 0. The SMILES string of the molecule is CNC(=O)CN(C)C(=O)COC(=O)c1ccc(C#N)cc1. The van der Waals surface area contributed by atoms with Gasteiger partial charge in [-0.1, -0.05) is 0 Å². The molecule has 0 saturated carbocycles. The second-order valence-electron chi connectivity index (χ2n) is 4.19. The van der Waals surface area contributed by atoms with Crippen molar-refractivity contribution in [1.29, 1.82) is 5.26 Å². The Bertz CT molecular complexity index is 575. The predicted octanol–water partition coefficient (Wildman–Crippen LogP) is -0.0805. The lowest BCUT2D eigenvalue weighted by Crippen LogP contribution is -2.39. The molecule has 110 valence electrons. The van der Waals surface area contributed by atoms with Crippen LogP contribution in [0.4, 0.5) is 0 Å². The van der Waals surface area contributed by atoms with Crippen molar-refractivity contribution in [1.82, 2.24) is 10.2 Å². The van der Waals surface area contributed by atoms with E-state index in [4.69, 9.17) is 10.00 Å². The van der Waals surface area contributed by atoms with Gasteiger partial charge in [0.1, 0.15) is 0 Å². The predicted molar refractivity (Wildman–Crippen MR) is 73.1 cm³/mol. The Morgan fingerprint density at radius 1 is 1.29 bits per heavy atom. The Morgan fingerprint density at radius 2 is 1.90 bits per heavy atom. The standard InChI is InChI=1S/C14H15N3O4/c1-16-12(18)8-17(2)13(19)9-21-14(20)11-5-3-10(7-15)4-6-11/h3-6H,8-9H2,1-2H3,(H,16,18). The van der Waals surface area contributed by atoms with E-state index >= 15 is 0 Å². The second-order valence-corrected chi connectivity index (χ2v) is 4.19. The summed E-state index contributed by atoms with van der Waals surface area (Å²) in [6, 6.07) is 7.78. The molecule has 1 aromatic rings. The van der Waals surface area contributed by atoms with Gasteiger partial charge in [0.25, 0.3) is 5.91 Å². The van der Waals surface area contributed by atoms with E-state index in [0.717, 1.165) is 4.90 Å². The molecule has 21 heavy (non-hydrogen) atoms. The first-order valence-corrected chi connectivity index (χ1v) is 6.09. The first-order chi connectivity index (χ1) is 9.97. The van der Waals surface area contributed by atoms with E-state index in [1.54, 1.807) is 0 Å². The van der Waals surface area contributed by atoms with E-state index in [9.17, 15) is 14.4 Å². The second kappa shape index (κ2) is 7.65. The zero-order valence-corrected chi connectivity index (χ0v) is 11.8. The van der Waals surface area contributed by atoms with E-state index in [1.165, 1.54) is 38.4 Å². The van der Waals surface area contributed by atoms with Crippen molar-refractivity contribution in [3.63, 3.8) is 0 Å². The lowest BCUT2D eigenvalue weighted by atomic mass is 10.1. The maximum absolute atomic E-state index is 11.7. The average molecular weight is 289 g/mol. The van der Waals surface area contributed by atoms with Gasteiger partial charge in [-0.25, -0.2) is 4.79 Å². The van der Waals surface area contributed by atoms with E-state index in [2.05, 4.69) is 5.32 Å². The summed E-state index contributed by atoms with van der Waals surface area (Å²) in [5.41, 5.74) is 0.670. The van der Waals surface area contributed by atoms with Gasteiger partial charge in [-0.15, -0.1) is 0 Å². The minimum Gasteiger partial charge on any atom is -0.452 e. The molecule has 0 aliphatic carbocycles. The van der Waals surface area contributed by atoms with Crippen LogP contribution in [0.3, 0.4) is 0 Å². The summed E-state index contributed by atoms with van der Waals surface area (Å²) in [6.45, 7) is -0.559. The smallest absolute Gasteiger partial charge is 0.338 e. The summed E-state index contributed by atoms with van der Waals surface area (Å²) in [7, 11) is 2.90. The van der Waals surface area contributed by atoms with Gasteiger partial charge >= 0.3 is 5.97 Å². The molecule has 0 atom stereocenters. The summed E-state index contributed by atoms with van der Waals surface area (Å²) in [4.78, 5) is 35.6. The Hall–Kier alpha value is -2.88. The number of rotatable bonds is 5. The maximum Gasteiger partial charge on any atom is 0.338 e. The van der Waals surface area contributed by atoms with Gasteiger partial charge in [-0.3, -0.25) is 9.59 Å². The quantitative estimate of drug-likeness (QED) is 0.764. The number of ether oxygens (including phenoxy) is 1. The Kier molecular flexibility index (Phi) is 5.89. The molecule has 7 heteroatoms. The summed E-state index contributed by atoms with van der Waals surface area (Å²) >= 11 is 0. The number of nitrogens with zero attached hydrogens (tertiary/aromatic N) is 2. The maximum atomic E-state index is 11.7. The summed E-state index contributed by atoms with van der Waals surface area (Å²) in [5.74, 6) is -1.47. The molecule has 1 N–H and O–H groups in total. The van der Waals surface area contributed by atoms with Crippen LogP contribution in [0, 0.1) is 11.3 Å². The minimum absolute atomic E-state index is 0.107. The van der Waals surface area contributed by atoms with E-state index in [-0.39, 0.29) is 18.0 Å². The molecule has 0 aromatic heterocycles. The van der Waals surface area contributed by atoms with Crippen LogP contribution in [0.5, 0.6) is 0 Å². The molecule has 2 amide bonds. The third-order valence-corrected chi connectivity index (χ3v) is 2.66. The molecule has 0 heterocycles. The monoisotopic (exact) mass is 289 g/mol. The number of amides is 2. The first-order valence-electron chi connectivity index (χ1n) is 6.09. The van der Waals surface area contributed by atoms with Crippen LogP contribution in [0.25, 0.3) is 0 Å². The highest BCUT2D eigenvalue weighted by Crippen LogP contribution is 2.05. The topological polar surface area (TPSA) is 99.5 Å². The van der Waals surface area contributed by atoms with Gasteiger partial charge in [-0.05, 0) is 24.3 Å². The number of carbonyl (C=O) groups is 3. The van der Waals surface area contributed by atoms with Gasteiger partial charge in [0, 0.05) is 14.1 Å². The number of esters is 1. The van der Waals surface area contributed by atoms with Crippen LogP contribution in [0.15, 0.2) is 24.3 Å². The van der Waals surface area contributed by atoms with Crippen LogP contribution in [-0.2, 0) is 14.3 Å². The molecule has 1 rings (SSSR count). The average Bonchev–Trinajstić information content (AvgIpc) is 2.51. The fourth-order valence-corrected chi connectivity index (χ4v) is 1.38. The summed E-state index contributed by atoms with van der Waals surface area (Å²) in [5, 5.41) is 11.0. The molecule has 1 aromatic carbocycles. The van der Waals surface area contributed by atoms with Gasteiger partial charge in [-0.2, -0.15) is 5.26 Å². The Labute approximate surface area is 122 Å². The van der Waals surface area contributed by atoms with Crippen LogP contribution in [0.1, 0.15) is 15.9 Å². The fraction of sp³-hybridized carbons (Fsp3) is 0.286.